The van der Waals surface area contributed by atoms with E-state index in [1.54, 1.807) is 0 Å². The Balaban J connectivity index is 0.00000180. The Morgan fingerprint density at radius 1 is 1.30 bits per heavy atom. The molecule has 0 saturated carbocycles. The van der Waals surface area contributed by atoms with Gasteiger partial charge in [-0.2, -0.15) is 0 Å². The molecule has 0 aliphatic carbocycles. The summed E-state index contributed by atoms with van der Waals surface area (Å²) < 4.78 is 0. The van der Waals surface area contributed by atoms with Crippen molar-refractivity contribution in [2.24, 2.45) is 0 Å². The highest BCUT2D eigenvalue weighted by Gasteiger charge is 2.23. The van der Waals surface area contributed by atoms with Crippen molar-refractivity contribution in [2.45, 2.75) is 19.0 Å². The SMILES string of the molecule is CN(C)CCNC(=O)C1Cc2ccccc2CN1.Cl.Cl. The first-order valence-electron chi connectivity index (χ1n) is 6.39. The lowest BCUT2D eigenvalue weighted by molar-refractivity contribution is -0.123. The molecule has 6 heteroatoms. The molecule has 1 unspecified atom stereocenters. The number of fused-ring (bicyclic) bond motifs is 1. The lowest BCUT2D eigenvalue weighted by Crippen LogP contribution is -2.48. The predicted molar refractivity (Wildman–Crippen MR) is 86.8 cm³/mol. The Morgan fingerprint density at radius 2 is 1.95 bits per heavy atom. The van der Waals surface area contributed by atoms with Crippen molar-refractivity contribution in [3.05, 3.63) is 35.4 Å². The summed E-state index contributed by atoms with van der Waals surface area (Å²) in [6.45, 7) is 2.35. The predicted octanol–water partition coefficient (Wildman–Crippen LogP) is 1.22. The molecular formula is C14H23Cl2N3O. The number of hydrogen-bond acceptors (Lipinski definition) is 3. The summed E-state index contributed by atoms with van der Waals surface area (Å²) in [5.74, 6) is 0.103. The highest BCUT2D eigenvalue weighted by Crippen LogP contribution is 2.16. The van der Waals surface area contributed by atoms with Crippen LogP contribution in [0.25, 0.3) is 0 Å². The number of nitrogens with zero attached hydrogens (tertiary/aromatic N) is 1. The van der Waals surface area contributed by atoms with Gasteiger partial charge < -0.3 is 15.5 Å². The van der Waals surface area contributed by atoms with Crippen molar-refractivity contribution < 1.29 is 4.79 Å². The van der Waals surface area contributed by atoms with Crippen LogP contribution in [0.5, 0.6) is 0 Å². The summed E-state index contributed by atoms with van der Waals surface area (Å²) in [5, 5.41) is 6.26. The van der Waals surface area contributed by atoms with Gasteiger partial charge in [-0.05, 0) is 31.6 Å². The molecule has 1 aromatic carbocycles. The van der Waals surface area contributed by atoms with Crippen molar-refractivity contribution in [1.82, 2.24) is 15.5 Å². The largest absolute Gasteiger partial charge is 0.353 e. The second-order valence-electron chi connectivity index (χ2n) is 5.00. The van der Waals surface area contributed by atoms with E-state index in [1.165, 1.54) is 11.1 Å². The molecule has 0 fully saturated rings. The van der Waals surface area contributed by atoms with Crippen LogP contribution < -0.4 is 10.6 Å². The quantitative estimate of drug-likeness (QED) is 0.877. The molecule has 1 aliphatic heterocycles. The van der Waals surface area contributed by atoms with Crippen molar-refractivity contribution >= 4 is 30.7 Å². The molecule has 1 heterocycles. The summed E-state index contributed by atoms with van der Waals surface area (Å²) in [4.78, 5) is 14.1. The van der Waals surface area contributed by atoms with Crippen molar-refractivity contribution in [3.8, 4) is 0 Å². The van der Waals surface area contributed by atoms with Crippen LogP contribution in [-0.4, -0.2) is 44.0 Å². The van der Waals surface area contributed by atoms with E-state index in [-0.39, 0.29) is 36.8 Å². The number of likely N-dealkylation sites (N-methyl/N-ethyl adjacent to an activating group) is 1. The van der Waals surface area contributed by atoms with Crippen LogP contribution in [0.4, 0.5) is 0 Å². The van der Waals surface area contributed by atoms with Crippen molar-refractivity contribution in [3.63, 3.8) is 0 Å². The number of nitrogens with one attached hydrogen (secondary N) is 2. The number of carbonyl (C=O) groups excluding carboxylic acids is 1. The van der Waals surface area contributed by atoms with E-state index in [0.29, 0.717) is 6.54 Å². The number of amides is 1. The first kappa shape index (κ1) is 19.2. The minimum Gasteiger partial charge on any atom is -0.353 e. The fraction of sp³-hybridized carbons (Fsp3) is 0.500. The topological polar surface area (TPSA) is 44.4 Å². The van der Waals surface area contributed by atoms with E-state index in [2.05, 4.69) is 27.7 Å². The summed E-state index contributed by atoms with van der Waals surface area (Å²) in [5.41, 5.74) is 2.58. The Hall–Kier alpha value is -0.810. The molecule has 2 rings (SSSR count). The van der Waals surface area contributed by atoms with Crippen LogP contribution in [0.1, 0.15) is 11.1 Å². The third-order valence-corrected chi connectivity index (χ3v) is 3.26. The molecule has 1 aliphatic rings. The van der Waals surface area contributed by atoms with Crippen LogP contribution in [0.3, 0.4) is 0 Å². The van der Waals surface area contributed by atoms with Gasteiger partial charge in [0, 0.05) is 19.6 Å². The van der Waals surface area contributed by atoms with Gasteiger partial charge in [0.05, 0.1) is 6.04 Å². The van der Waals surface area contributed by atoms with Crippen molar-refractivity contribution in [1.29, 1.82) is 0 Å². The molecule has 0 bridgehead atoms. The third-order valence-electron chi connectivity index (χ3n) is 3.26. The first-order chi connectivity index (χ1) is 8.66. The summed E-state index contributed by atoms with van der Waals surface area (Å²) >= 11 is 0. The van der Waals surface area contributed by atoms with E-state index in [9.17, 15) is 4.79 Å². The van der Waals surface area contributed by atoms with Gasteiger partial charge in [0.1, 0.15) is 0 Å². The van der Waals surface area contributed by atoms with Crippen LogP contribution in [0.15, 0.2) is 24.3 Å². The molecule has 1 aromatic rings. The monoisotopic (exact) mass is 319 g/mol. The van der Waals surface area contributed by atoms with Crippen molar-refractivity contribution in [2.75, 3.05) is 27.2 Å². The molecule has 0 radical (unpaired) electrons. The molecule has 0 saturated heterocycles. The van der Waals surface area contributed by atoms with Gasteiger partial charge >= 0.3 is 0 Å². The Morgan fingerprint density at radius 3 is 2.60 bits per heavy atom. The van der Waals surface area contributed by atoms with Gasteiger partial charge in [-0.3, -0.25) is 4.79 Å². The summed E-state index contributed by atoms with van der Waals surface area (Å²) in [6.07, 6.45) is 0.782. The average molecular weight is 320 g/mol. The number of rotatable bonds is 4. The second kappa shape index (κ2) is 9.19. The molecular weight excluding hydrogens is 297 g/mol. The molecule has 4 nitrogen and oxygen atoms in total. The highest BCUT2D eigenvalue weighted by molar-refractivity contribution is 5.85. The smallest absolute Gasteiger partial charge is 0.237 e. The van der Waals surface area contributed by atoms with Crippen LogP contribution in [0.2, 0.25) is 0 Å². The molecule has 2 N–H and O–H groups in total. The fourth-order valence-electron chi connectivity index (χ4n) is 2.17. The number of halogens is 2. The molecule has 114 valence electrons. The van der Waals surface area contributed by atoms with E-state index >= 15 is 0 Å². The third kappa shape index (κ3) is 5.29. The second-order valence-corrected chi connectivity index (χ2v) is 5.00. The molecule has 20 heavy (non-hydrogen) atoms. The van der Waals surface area contributed by atoms with Gasteiger partial charge in [0.15, 0.2) is 0 Å². The van der Waals surface area contributed by atoms with Crippen LogP contribution in [0, 0.1) is 0 Å². The Bertz CT molecular complexity index is 427. The van der Waals surface area contributed by atoms with Gasteiger partial charge in [-0.15, -0.1) is 24.8 Å². The Kier molecular flexibility index (Phi) is 8.81. The molecule has 0 spiro atoms. The Labute approximate surface area is 133 Å². The normalized spacial score (nSPS) is 16.6. The maximum Gasteiger partial charge on any atom is 0.237 e. The van der Waals surface area contributed by atoms with Gasteiger partial charge in [0.2, 0.25) is 5.91 Å². The molecule has 1 amide bonds. The van der Waals surface area contributed by atoms with E-state index in [1.807, 2.05) is 26.2 Å². The number of hydrogen-bond donors (Lipinski definition) is 2. The molecule has 1 atom stereocenters. The lowest BCUT2D eigenvalue weighted by atomic mass is 9.95. The van der Waals surface area contributed by atoms with Gasteiger partial charge in [-0.1, -0.05) is 24.3 Å². The minimum absolute atomic E-state index is 0. The van der Waals surface area contributed by atoms with E-state index in [4.69, 9.17) is 0 Å². The zero-order chi connectivity index (χ0) is 13.0. The zero-order valence-electron chi connectivity index (χ0n) is 11.9. The van der Waals surface area contributed by atoms with Gasteiger partial charge in [-0.25, -0.2) is 0 Å². The zero-order valence-corrected chi connectivity index (χ0v) is 13.5. The number of carbonyl (C=O) groups is 1. The summed E-state index contributed by atoms with van der Waals surface area (Å²) in [6, 6.07) is 8.20. The van der Waals surface area contributed by atoms with E-state index in [0.717, 1.165) is 19.5 Å². The molecule has 0 aromatic heterocycles. The standard InChI is InChI=1S/C14H21N3O.2ClH/c1-17(2)8-7-15-14(18)13-9-11-5-3-4-6-12(11)10-16-13;;/h3-6,13,16H,7-10H2,1-2H3,(H,15,18);2*1H. The lowest BCUT2D eigenvalue weighted by Gasteiger charge is -2.25. The average Bonchev–Trinajstić information content (AvgIpc) is 2.37. The van der Waals surface area contributed by atoms with Crippen LogP contribution >= 0.6 is 24.8 Å². The highest BCUT2D eigenvalue weighted by atomic mass is 35.5. The van der Waals surface area contributed by atoms with Crippen LogP contribution in [-0.2, 0) is 17.8 Å². The summed E-state index contributed by atoms with van der Waals surface area (Å²) in [7, 11) is 4.00. The maximum absolute atomic E-state index is 12.0. The number of benzene rings is 1. The van der Waals surface area contributed by atoms with E-state index < -0.39 is 0 Å². The maximum atomic E-state index is 12.0. The van der Waals surface area contributed by atoms with Gasteiger partial charge in [0.25, 0.3) is 0 Å². The first-order valence-corrected chi connectivity index (χ1v) is 6.39. The fourth-order valence-corrected chi connectivity index (χ4v) is 2.17. The minimum atomic E-state index is -0.0953.